The summed E-state index contributed by atoms with van der Waals surface area (Å²) < 4.78 is 6.05. The molecule has 0 amide bonds. The molecular formula is C17H15NO3S. The van der Waals surface area contributed by atoms with Gasteiger partial charge in [-0.05, 0) is 11.6 Å². The fourth-order valence-corrected chi connectivity index (χ4v) is 3.21. The molecule has 5 heteroatoms. The molecule has 1 N–H and O–H groups in total. The summed E-state index contributed by atoms with van der Waals surface area (Å²) in [7, 11) is 1.99. The van der Waals surface area contributed by atoms with Gasteiger partial charge in [0.1, 0.15) is 11.3 Å². The Morgan fingerprint density at radius 3 is 2.73 bits per heavy atom. The Hall–Kier alpha value is -2.53. The third-order valence-electron chi connectivity index (χ3n) is 3.36. The molecule has 0 unspecified atom stereocenters. The highest BCUT2D eigenvalue weighted by molar-refractivity contribution is 7.22. The second-order valence-electron chi connectivity index (χ2n) is 5.05. The van der Waals surface area contributed by atoms with E-state index in [0.29, 0.717) is 5.58 Å². The van der Waals surface area contributed by atoms with E-state index < -0.39 is 5.63 Å². The maximum absolute atomic E-state index is 11.7. The Kier molecular flexibility index (Phi) is 3.73. The second kappa shape index (κ2) is 5.69. The molecule has 0 radical (unpaired) electrons. The van der Waals surface area contributed by atoms with Gasteiger partial charge in [-0.3, -0.25) is 0 Å². The maximum Gasteiger partial charge on any atom is 0.347 e. The number of rotatable bonds is 4. The van der Waals surface area contributed by atoms with Crippen LogP contribution in [0.2, 0.25) is 0 Å². The minimum atomic E-state index is -0.574. The van der Waals surface area contributed by atoms with E-state index >= 15 is 0 Å². The SMILES string of the molecule is C=C(O)c1cc2sc(N(C)Cc3ccccc3)cc2oc1=O. The van der Waals surface area contributed by atoms with Crippen molar-refractivity contribution >= 4 is 32.4 Å². The third kappa shape index (κ3) is 2.76. The van der Waals surface area contributed by atoms with Gasteiger partial charge in [-0.2, -0.15) is 0 Å². The van der Waals surface area contributed by atoms with Crippen molar-refractivity contribution in [2.75, 3.05) is 11.9 Å². The summed E-state index contributed by atoms with van der Waals surface area (Å²) in [5.74, 6) is -0.275. The Morgan fingerprint density at radius 2 is 2.05 bits per heavy atom. The highest BCUT2D eigenvalue weighted by Gasteiger charge is 2.13. The first-order valence-electron chi connectivity index (χ1n) is 6.75. The van der Waals surface area contributed by atoms with Crippen LogP contribution in [0.4, 0.5) is 5.00 Å². The van der Waals surface area contributed by atoms with Crippen molar-refractivity contribution < 1.29 is 9.52 Å². The van der Waals surface area contributed by atoms with Crippen molar-refractivity contribution in [1.29, 1.82) is 0 Å². The summed E-state index contributed by atoms with van der Waals surface area (Å²) in [4.78, 5) is 13.8. The van der Waals surface area contributed by atoms with Gasteiger partial charge in [0.2, 0.25) is 0 Å². The number of benzene rings is 1. The van der Waals surface area contributed by atoms with Crippen molar-refractivity contribution in [3.05, 3.63) is 70.6 Å². The van der Waals surface area contributed by atoms with Crippen molar-refractivity contribution in [2.45, 2.75) is 6.54 Å². The number of aliphatic hydroxyl groups excluding tert-OH is 1. The van der Waals surface area contributed by atoms with Crippen molar-refractivity contribution in [3.8, 4) is 0 Å². The predicted octanol–water partition coefficient (Wildman–Crippen LogP) is 4.02. The van der Waals surface area contributed by atoms with E-state index in [9.17, 15) is 9.90 Å². The van der Waals surface area contributed by atoms with Gasteiger partial charge in [0.25, 0.3) is 0 Å². The van der Waals surface area contributed by atoms with Crippen molar-refractivity contribution in [3.63, 3.8) is 0 Å². The maximum atomic E-state index is 11.7. The average molecular weight is 313 g/mol. The van der Waals surface area contributed by atoms with Crippen LogP contribution in [0, 0.1) is 0 Å². The summed E-state index contributed by atoms with van der Waals surface area (Å²) in [5, 5.41) is 10.4. The number of fused-ring (bicyclic) bond motifs is 1. The smallest absolute Gasteiger partial charge is 0.347 e. The lowest BCUT2D eigenvalue weighted by Gasteiger charge is -2.16. The van der Waals surface area contributed by atoms with Crippen LogP contribution in [0.1, 0.15) is 11.1 Å². The fraction of sp³-hybridized carbons (Fsp3) is 0.118. The highest BCUT2D eigenvalue weighted by Crippen LogP contribution is 2.32. The van der Waals surface area contributed by atoms with Gasteiger partial charge < -0.3 is 14.4 Å². The van der Waals surface area contributed by atoms with Crippen LogP contribution in [0.5, 0.6) is 0 Å². The molecule has 0 bridgehead atoms. The van der Waals surface area contributed by atoms with Gasteiger partial charge in [0.15, 0.2) is 5.58 Å². The zero-order chi connectivity index (χ0) is 15.7. The number of hydrogen-bond acceptors (Lipinski definition) is 5. The molecule has 0 saturated carbocycles. The van der Waals surface area contributed by atoms with E-state index in [0.717, 1.165) is 16.2 Å². The zero-order valence-electron chi connectivity index (χ0n) is 12.1. The van der Waals surface area contributed by atoms with Gasteiger partial charge in [0.05, 0.1) is 9.70 Å². The van der Waals surface area contributed by atoms with Crippen LogP contribution in [-0.2, 0) is 6.54 Å². The minimum absolute atomic E-state index is 0.103. The first-order valence-corrected chi connectivity index (χ1v) is 7.57. The number of nitrogens with zero attached hydrogens (tertiary/aromatic N) is 1. The van der Waals surface area contributed by atoms with E-state index in [1.165, 1.54) is 16.9 Å². The number of anilines is 1. The molecule has 4 nitrogen and oxygen atoms in total. The monoisotopic (exact) mass is 313 g/mol. The van der Waals surface area contributed by atoms with Crippen LogP contribution in [0.25, 0.3) is 16.0 Å². The van der Waals surface area contributed by atoms with Crippen LogP contribution in [0.3, 0.4) is 0 Å². The molecule has 112 valence electrons. The molecule has 0 spiro atoms. The second-order valence-corrected chi connectivity index (χ2v) is 6.11. The quantitative estimate of drug-likeness (QED) is 0.739. The largest absolute Gasteiger partial charge is 0.508 e. The topological polar surface area (TPSA) is 53.7 Å². The molecule has 0 saturated heterocycles. The van der Waals surface area contributed by atoms with E-state index in [4.69, 9.17) is 4.42 Å². The van der Waals surface area contributed by atoms with Gasteiger partial charge >= 0.3 is 5.63 Å². The lowest BCUT2D eigenvalue weighted by Crippen LogP contribution is -2.14. The van der Waals surface area contributed by atoms with E-state index in [1.54, 1.807) is 6.07 Å². The minimum Gasteiger partial charge on any atom is -0.508 e. The average Bonchev–Trinajstić information content (AvgIpc) is 2.90. The summed E-state index contributed by atoms with van der Waals surface area (Å²) in [6, 6.07) is 13.6. The Morgan fingerprint density at radius 1 is 1.32 bits per heavy atom. The van der Waals surface area contributed by atoms with E-state index in [2.05, 4.69) is 23.6 Å². The lowest BCUT2D eigenvalue weighted by molar-refractivity contribution is 0.499. The molecule has 0 aliphatic rings. The van der Waals surface area contributed by atoms with E-state index in [1.807, 2.05) is 31.3 Å². The Balaban J connectivity index is 1.94. The standard InChI is InChI=1S/C17H15NO3S/c1-11(19)13-8-15-14(21-17(13)20)9-16(22-15)18(2)10-12-6-4-3-5-7-12/h3-9,19H,1,10H2,2H3. The summed E-state index contributed by atoms with van der Waals surface area (Å²) in [6.07, 6.45) is 0. The molecule has 0 fully saturated rings. The number of hydrogen-bond donors (Lipinski definition) is 1. The molecule has 22 heavy (non-hydrogen) atoms. The van der Waals surface area contributed by atoms with Crippen molar-refractivity contribution in [1.82, 2.24) is 0 Å². The molecule has 1 aromatic carbocycles. The summed E-state index contributed by atoms with van der Waals surface area (Å²) in [5.41, 5.74) is 1.25. The first-order chi connectivity index (χ1) is 10.5. The molecular weight excluding hydrogens is 298 g/mol. The first kappa shape index (κ1) is 14.4. The molecule has 0 aliphatic carbocycles. The van der Waals surface area contributed by atoms with Crippen molar-refractivity contribution in [2.24, 2.45) is 0 Å². The molecule has 0 aliphatic heterocycles. The molecule has 2 heterocycles. The lowest BCUT2D eigenvalue weighted by atomic mass is 10.2. The van der Waals surface area contributed by atoms with Gasteiger partial charge in [-0.15, -0.1) is 11.3 Å². The fourth-order valence-electron chi connectivity index (χ4n) is 2.23. The molecule has 0 atom stereocenters. The molecule has 3 aromatic rings. The predicted molar refractivity (Wildman–Crippen MR) is 90.6 cm³/mol. The number of thiophene rings is 1. The summed E-state index contributed by atoms with van der Waals surface area (Å²) in [6.45, 7) is 4.14. The van der Waals surface area contributed by atoms with Gasteiger partial charge in [-0.25, -0.2) is 4.79 Å². The van der Waals surface area contributed by atoms with Crippen LogP contribution in [0.15, 0.2) is 58.3 Å². The van der Waals surface area contributed by atoms with Gasteiger partial charge in [0, 0.05) is 19.7 Å². The summed E-state index contributed by atoms with van der Waals surface area (Å²) >= 11 is 1.51. The zero-order valence-corrected chi connectivity index (χ0v) is 12.9. The number of aliphatic hydroxyl groups is 1. The molecule has 3 rings (SSSR count). The highest BCUT2D eigenvalue weighted by atomic mass is 32.1. The van der Waals surface area contributed by atoms with E-state index in [-0.39, 0.29) is 11.3 Å². The van der Waals surface area contributed by atoms with Crippen LogP contribution >= 0.6 is 11.3 Å². The van der Waals surface area contributed by atoms with Gasteiger partial charge in [-0.1, -0.05) is 36.9 Å². The normalized spacial score (nSPS) is 10.8. The Bertz CT molecular complexity index is 880. The molecule has 2 aromatic heterocycles. The Labute approximate surface area is 131 Å². The van der Waals surface area contributed by atoms with Crippen LogP contribution < -0.4 is 10.5 Å². The van der Waals surface area contributed by atoms with Crippen LogP contribution in [-0.4, -0.2) is 12.2 Å². The third-order valence-corrected chi connectivity index (χ3v) is 4.54.